The van der Waals surface area contributed by atoms with E-state index in [2.05, 4.69) is 4.74 Å². The number of sulfonamides is 1. The van der Waals surface area contributed by atoms with Crippen molar-refractivity contribution in [1.29, 1.82) is 0 Å². The van der Waals surface area contributed by atoms with Gasteiger partial charge >= 0.3 is 6.18 Å². The lowest BCUT2D eigenvalue weighted by molar-refractivity contribution is -0.153. The van der Waals surface area contributed by atoms with Crippen LogP contribution in [0.3, 0.4) is 0 Å². The summed E-state index contributed by atoms with van der Waals surface area (Å²) in [5.41, 5.74) is 0.838. The monoisotopic (exact) mass is 510 g/mol. The van der Waals surface area contributed by atoms with Crippen LogP contribution in [0.4, 0.5) is 13.2 Å². The number of rotatable bonds is 9. The lowest BCUT2D eigenvalue weighted by Crippen LogP contribution is -2.44. The maximum absolute atomic E-state index is 13.0. The van der Waals surface area contributed by atoms with Crippen LogP contribution < -0.4 is 14.3 Å². The van der Waals surface area contributed by atoms with Crippen molar-refractivity contribution in [2.24, 2.45) is 0 Å². The topological polar surface area (TPSA) is 105 Å². The molecule has 0 spiro atoms. The number of alkyl halides is 3. The molecule has 0 bridgehead atoms. The third kappa shape index (κ3) is 7.18. The van der Waals surface area contributed by atoms with Crippen LogP contribution in [0.5, 0.6) is 11.5 Å². The number of halogens is 3. The first-order valence-electron chi connectivity index (χ1n) is 10.0. The van der Waals surface area contributed by atoms with Gasteiger partial charge in [-0.15, -0.1) is 5.17 Å². The zero-order chi connectivity index (χ0) is 25.6. The smallest absolute Gasteiger partial charge is 0.422 e. The molecule has 0 radical (unpaired) electrons. The molecule has 0 aliphatic carbocycles. The molecule has 0 aromatic heterocycles. The number of ether oxygens (including phenoxy) is 2. The van der Waals surface area contributed by atoms with Gasteiger partial charge in [0.2, 0.25) is 0 Å². The Balaban J connectivity index is 1.82. The van der Waals surface area contributed by atoms with Crippen molar-refractivity contribution in [3.63, 3.8) is 0 Å². The SMILES string of the molecule is COc1ccc(S(=O)(=O)NN(O)C(=O)c2cccc(OCC(F)(F)F)c2)c(Cc2ccccc2)c1. The average Bonchev–Trinajstić information content (AvgIpc) is 2.82. The van der Waals surface area contributed by atoms with Crippen molar-refractivity contribution < 1.29 is 41.1 Å². The van der Waals surface area contributed by atoms with Crippen molar-refractivity contribution in [2.45, 2.75) is 17.5 Å². The molecule has 186 valence electrons. The molecular formula is C23H21F3N2O6S. The largest absolute Gasteiger partial charge is 0.497 e. The summed E-state index contributed by atoms with van der Waals surface area (Å²) < 4.78 is 72.9. The van der Waals surface area contributed by atoms with E-state index in [4.69, 9.17) is 4.74 Å². The van der Waals surface area contributed by atoms with E-state index in [-0.39, 0.29) is 27.8 Å². The van der Waals surface area contributed by atoms with E-state index in [9.17, 15) is 31.6 Å². The van der Waals surface area contributed by atoms with Gasteiger partial charge in [-0.05, 0) is 53.9 Å². The van der Waals surface area contributed by atoms with Gasteiger partial charge in [0.25, 0.3) is 15.9 Å². The molecule has 3 rings (SSSR count). The van der Waals surface area contributed by atoms with Gasteiger partial charge in [0, 0.05) is 5.56 Å². The van der Waals surface area contributed by atoms with Crippen LogP contribution in [-0.2, 0) is 16.4 Å². The molecule has 3 aromatic carbocycles. The highest BCUT2D eigenvalue weighted by Crippen LogP contribution is 2.25. The quantitative estimate of drug-likeness (QED) is 0.334. The van der Waals surface area contributed by atoms with Gasteiger partial charge in [-0.3, -0.25) is 10.0 Å². The molecule has 0 atom stereocenters. The first-order chi connectivity index (χ1) is 16.5. The molecule has 0 saturated heterocycles. The predicted molar refractivity (Wildman–Crippen MR) is 119 cm³/mol. The molecule has 3 aromatic rings. The van der Waals surface area contributed by atoms with Crippen molar-refractivity contribution in [3.05, 3.63) is 89.5 Å². The van der Waals surface area contributed by atoms with E-state index < -0.39 is 28.7 Å². The minimum Gasteiger partial charge on any atom is -0.497 e. The summed E-state index contributed by atoms with van der Waals surface area (Å²) in [5, 5.41) is 9.89. The molecular weight excluding hydrogens is 489 g/mol. The normalized spacial score (nSPS) is 11.7. The van der Waals surface area contributed by atoms with E-state index >= 15 is 0 Å². The summed E-state index contributed by atoms with van der Waals surface area (Å²) in [5.74, 6) is -1.11. The fourth-order valence-electron chi connectivity index (χ4n) is 3.11. The van der Waals surface area contributed by atoms with Gasteiger partial charge in [0.15, 0.2) is 6.61 Å². The number of hydrogen-bond donors (Lipinski definition) is 2. The molecule has 0 aliphatic rings. The minimum absolute atomic E-state index is 0.212. The van der Waals surface area contributed by atoms with Gasteiger partial charge in [-0.2, -0.15) is 13.2 Å². The maximum atomic E-state index is 13.0. The van der Waals surface area contributed by atoms with Crippen molar-refractivity contribution in [3.8, 4) is 11.5 Å². The average molecular weight is 510 g/mol. The molecule has 8 nitrogen and oxygen atoms in total. The van der Waals surface area contributed by atoms with Crippen LogP contribution >= 0.6 is 0 Å². The minimum atomic E-state index is -4.59. The number of carbonyl (C=O) groups excluding carboxylic acids is 1. The van der Waals surface area contributed by atoms with Gasteiger partial charge in [-0.1, -0.05) is 41.2 Å². The van der Waals surface area contributed by atoms with Crippen molar-refractivity contribution in [1.82, 2.24) is 10.0 Å². The molecule has 2 N–H and O–H groups in total. The number of hydrogen-bond acceptors (Lipinski definition) is 6. The van der Waals surface area contributed by atoms with E-state index in [1.807, 2.05) is 6.07 Å². The number of methoxy groups -OCH3 is 1. The molecule has 0 fully saturated rings. The highest BCUT2D eigenvalue weighted by atomic mass is 32.2. The Morgan fingerprint density at radius 2 is 1.71 bits per heavy atom. The molecule has 0 aliphatic heterocycles. The van der Waals surface area contributed by atoms with Gasteiger partial charge in [0.05, 0.1) is 12.0 Å². The molecule has 1 amide bonds. The van der Waals surface area contributed by atoms with Gasteiger partial charge < -0.3 is 9.47 Å². The molecule has 35 heavy (non-hydrogen) atoms. The summed E-state index contributed by atoms with van der Waals surface area (Å²) >= 11 is 0. The molecule has 0 unspecified atom stereocenters. The second kappa shape index (κ2) is 10.8. The second-order valence-corrected chi connectivity index (χ2v) is 8.91. The summed E-state index contributed by atoms with van der Waals surface area (Å²) in [7, 11) is -3.03. The number of carbonyl (C=O) groups is 1. The Morgan fingerprint density at radius 3 is 2.37 bits per heavy atom. The Bertz CT molecular complexity index is 1280. The number of hydrazine groups is 1. The Morgan fingerprint density at radius 1 is 1.00 bits per heavy atom. The Kier molecular flexibility index (Phi) is 7.99. The van der Waals surface area contributed by atoms with Crippen LogP contribution in [0.2, 0.25) is 0 Å². The standard InChI is InChI=1S/C23H21F3N2O6S/c1-33-19-10-11-21(18(14-19)12-16-6-3-2-4-7-16)35(31,32)27-28(30)22(29)17-8-5-9-20(13-17)34-15-23(24,25)26/h2-11,13-14,27,30H,12,15H2,1H3. The second-order valence-electron chi connectivity index (χ2n) is 7.28. The summed E-state index contributed by atoms with van der Waals surface area (Å²) in [6, 6.07) is 17.7. The highest BCUT2D eigenvalue weighted by Gasteiger charge is 2.29. The fourth-order valence-corrected chi connectivity index (χ4v) is 4.24. The van der Waals surface area contributed by atoms with Gasteiger partial charge in [0.1, 0.15) is 11.5 Å². The van der Waals surface area contributed by atoms with Crippen LogP contribution in [0, 0.1) is 0 Å². The summed E-state index contributed by atoms with van der Waals surface area (Å²) in [6.45, 7) is -1.58. The number of hydroxylamine groups is 1. The van der Waals surface area contributed by atoms with Crippen LogP contribution in [-0.4, -0.2) is 44.6 Å². The number of nitrogens with one attached hydrogen (secondary N) is 1. The van der Waals surface area contributed by atoms with Crippen LogP contribution in [0.1, 0.15) is 21.5 Å². The zero-order valence-electron chi connectivity index (χ0n) is 18.3. The summed E-state index contributed by atoms with van der Waals surface area (Å²) in [6.07, 6.45) is -4.37. The third-order valence-corrected chi connectivity index (χ3v) is 6.07. The number of benzene rings is 3. The van der Waals surface area contributed by atoms with Crippen LogP contribution in [0.25, 0.3) is 0 Å². The lowest BCUT2D eigenvalue weighted by atomic mass is 10.0. The van der Waals surface area contributed by atoms with E-state index in [0.29, 0.717) is 11.3 Å². The zero-order valence-corrected chi connectivity index (χ0v) is 19.1. The predicted octanol–water partition coefficient (Wildman–Crippen LogP) is 3.95. The van der Waals surface area contributed by atoms with Gasteiger partial charge in [-0.25, -0.2) is 8.42 Å². The third-order valence-electron chi connectivity index (χ3n) is 4.68. The molecule has 12 heteroatoms. The van der Waals surface area contributed by atoms with Crippen LogP contribution in [0.15, 0.2) is 77.7 Å². The molecule has 0 heterocycles. The highest BCUT2D eigenvalue weighted by molar-refractivity contribution is 7.89. The van der Waals surface area contributed by atoms with Crippen molar-refractivity contribution in [2.75, 3.05) is 13.7 Å². The number of nitrogens with zero attached hydrogens (tertiary/aromatic N) is 1. The van der Waals surface area contributed by atoms with E-state index in [1.54, 1.807) is 29.1 Å². The van der Waals surface area contributed by atoms with E-state index in [0.717, 1.165) is 11.6 Å². The number of amides is 1. The van der Waals surface area contributed by atoms with Crippen molar-refractivity contribution >= 4 is 15.9 Å². The molecule has 0 saturated carbocycles. The maximum Gasteiger partial charge on any atom is 0.422 e. The fraction of sp³-hybridized carbons (Fsp3) is 0.174. The Hall–Kier alpha value is -3.61. The first kappa shape index (κ1) is 26.0. The first-order valence-corrected chi connectivity index (χ1v) is 11.5. The lowest BCUT2D eigenvalue weighted by Gasteiger charge is -2.18. The Labute approximate surface area is 199 Å². The summed E-state index contributed by atoms with van der Waals surface area (Å²) in [4.78, 5) is 14.1. The van der Waals surface area contributed by atoms with E-state index in [1.165, 1.54) is 43.5 Å².